The molecule has 25 heavy (non-hydrogen) atoms. The zero-order chi connectivity index (χ0) is 18.0. The summed E-state index contributed by atoms with van der Waals surface area (Å²) in [4.78, 5) is 30.1. The summed E-state index contributed by atoms with van der Waals surface area (Å²) in [6.07, 6.45) is 1.51. The maximum absolute atomic E-state index is 13.1. The molecule has 0 radical (unpaired) electrons. The molecule has 1 atom stereocenters. The van der Waals surface area contributed by atoms with Gasteiger partial charge < -0.3 is 14.8 Å². The lowest BCUT2D eigenvalue weighted by atomic mass is 9.93. The van der Waals surface area contributed by atoms with Crippen molar-refractivity contribution in [2.45, 2.75) is 25.5 Å². The van der Waals surface area contributed by atoms with Crippen molar-refractivity contribution in [3.05, 3.63) is 30.1 Å². The van der Waals surface area contributed by atoms with Gasteiger partial charge in [0.15, 0.2) is 5.82 Å². The fourth-order valence-corrected chi connectivity index (χ4v) is 3.35. The predicted octanol–water partition coefficient (Wildman–Crippen LogP) is 1.71. The zero-order valence-electron chi connectivity index (χ0n) is 14.7. The van der Waals surface area contributed by atoms with Crippen LogP contribution < -0.4 is 5.32 Å². The summed E-state index contributed by atoms with van der Waals surface area (Å²) in [5.41, 5.74) is -0.163. The van der Waals surface area contributed by atoms with Crippen molar-refractivity contribution in [1.29, 1.82) is 0 Å². The van der Waals surface area contributed by atoms with E-state index in [1.54, 1.807) is 11.5 Å². The standard InChI is InChI=1S/C18H23N3O4/c1-18(25-3,17(23)24-2)21-14-7-5-4-6-13(14)20-16(21)15(22)12-8-10-19-11-9-12/h4-7,12,19H,8-11H2,1-3H3. The van der Waals surface area contributed by atoms with Gasteiger partial charge in [-0.15, -0.1) is 0 Å². The quantitative estimate of drug-likeness (QED) is 0.656. The Morgan fingerprint density at radius 3 is 2.56 bits per heavy atom. The molecule has 1 aromatic carbocycles. The SMILES string of the molecule is COC(=O)C(C)(OC)n1c(C(=O)C2CCNCC2)nc2ccccc21. The van der Waals surface area contributed by atoms with Crippen LogP contribution in [-0.2, 0) is 20.0 Å². The second-order valence-corrected chi connectivity index (χ2v) is 6.33. The van der Waals surface area contributed by atoms with Gasteiger partial charge in [0.2, 0.25) is 11.5 Å². The molecule has 0 bridgehead atoms. The molecule has 1 aliphatic rings. The molecule has 7 nitrogen and oxygen atoms in total. The number of carbonyl (C=O) groups is 2. The minimum absolute atomic E-state index is 0.0649. The lowest BCUT2D eigenvalue weighted by Crippen LogP contribution is -2.44. The number of hydrogen-bond donors (Lipinski definition) is 1. The highest BCUT2D eigenvalue weighted by atomic mass is 16.6. The van der Waals surface area contributed by atoms with Crippen LogP contribution in [0.1, 0.15) is 30.4 Å². The van der Waals surface area contributed by atoms with Gasteiger partial charge in [0.05, 0.1) is 18.1 Å². The Hall–Kier alpha value is -2.25. The molecule has 134 valence electrons. The lowest BCUT2D eigenvalue weighted by molar-refractivity contribution is -0.176. The fourth-order valence-electron chi connectivity index (χ4n) is 3.35. The topological polar surface area (TPSA) is 82.5 Å². The molecule has 1 saturated heterocycles. The van der Waals surface area contributed by atoms with E-state index in [1.807, 2.05) is 24.3 Å². The van der Waals surface area contributed by atoms with Crippen LogP contribution in [0.3, 0.4) is 0 Å². The van der Waals surface area contributed by atoms with E-state index < -0.39 is 11.7 Å². The molecule has 2 heterocycles. The van der Waals surface area contributed by atoms with Gasteiger partial charge in [0.1, 0.15) is 0 Å². The summed E-state index contributed by atoms with van der Waals surface area (Å²) in [6, 6.07) is 7.33. The maximum Gasteiger partial charge on any atom is 0.359 e. The third-order valence-corrected chi connectivity index (χ3v) is 4.88. The van der Waals surface area contributed by atoms with Gasteiger partial charge in [-0.25, -0.2) is 9.78 Å². The predicted molar refractivity (Wildman–Crippen MR) is 92.3 cm³/mol. The van der Waals surface area contributed by atoms with Crippen LogP contribution in [0.25, 0.3) is 11.0 Å². The Morgan fingerprint density at radius 2 is 1.92 bits per heavy atom. The van der Waals surface area contributed by atoms with E-state index >= 15 is 0 Å². The van der Waals surface area contributed by atoms with Crippen LogP contribution in [0, 0.1) is 5.92 Å². The van der Waals surface area contributed by atoms with Crippen molar-refractivity contribution in [2.75, 3.05) is 27.3 Å². The van der Waals surface area contributed by atoms with Crippen molar-refractivity contribution in [3.8, 4) is 0 Å². The van der Waals surface area contributed by atoms with Crippen LogP contribution in [0.15, 0.2) is 24.3 Å². The first-order valence-electron chi connectivity index (χ1n) is 8.39. The molecule has 0 spiro atoms. The normalized spacial score (nSPS) is 18.0. The van der Waals surface area contributed by atoms with Gasteiger partial charge >= 0.3 is 5.97 Å². The Balaban J connectivity index is 2.18. The van der Waals surface area contributed by atoms with Crippen molar-refractivity contribution >= 4 is 22.8 Å². The summed E-state index contributed by atoms with van der Waals surface area (Å²) in [5, 5.41) is 3.25. The number of ketones is 1. The highest BCUT2D eigenvalue weighted by Gasteiger charge is 2.42. The largest absolute Gasteiger partial charge is 0.465 e. The molecule has 1 N–H and O–H groups in total. The van der Waals surface area contributed by atoms with E-state index in [4.69, 9.17) is 9.47 Å². The van der Waals surface area contributed by atoms with E-state index in [0.29, 0.717) is 11.0 Å². The Labute approximate surface area is 146 Å². The molecule has 0 aliphatic carbocycles. The van der Waals surface area contributed by atoms with Crippen molar-refractivity contribution in [1.82, 2.24) is 14.9 Å². The van der Waals surface area contributed by atoms with Crippen molar-refractivity contribution in [2.24, 2.45) is 5.92 Å². The first-order chi connectivity index (χ1) is 12.0. The Kier molecular flexibility index (Phi) is 4.87. The number of Topliss-reactive ketones (excluding diaryl/α,β-unsaturated/α-hetero) is 1. The van der Waals surface area contributed by atoms with Gasteiger partial charge in [-0.05, 0) is 45.0 Å². The molecule has 1 aliphatic heterocycles. The summed E-state index contributed by atoms with van der Waals surface area (Å²) >= 11 is 0. The number of imidazole rings is 1. The van der Waals surface area contributed by atoms with Crippen LogP contribution in [0.5, 0.6) is 0 Å². The molecule has 1 unspecified atom stereocenters. The first-order valence-corrected chi connectivity index (χ1v) is 8.39. The van der Waals surface area contributed by atoms with Gasteiger partial charge in [-0.2, -0.15) is 0 Å². The van der Waals surface area contributed by atoms with Gasteiger partial charge in [0.25, 0.3) is 0 Å². The van der Waals surface area contributed by atoms with E-state index in [-0.39, 0.29) is 17.5 Å². The highest BCUT2D eigenvalue weighted by Crippen LogP contribution is 2.30. The second kappa shape index (κ2) is 6.93. The second-order valence-electron chi connectivity index (χ2n) is 6.33. The molecule has 3 rings (SSSR count). The monoisotopic (exact) mass is 345 g/mol. The Morgan fingerprint density at radius 1 is 1.24 bits per heavy atom. The number of fused-ring (bicyclic) bond motifs is 1. The molecule has 7 heteroatoms. The third kappa shape index (κ3) is 2.94. The summed E-state index contributed by atoms with van der Waals surface area (Å²) in [7, 11) is 2.72. The number of nitrogens with one attached hydrogen (secondary N) is 1. The number of piperidine rings is 1. The highest BCUT2D eigenvalue weighted by molar-refractivity contribution is 5.99. The molecule has 0 amide bonds. The number of methoxy groups -OCH3 is 2. The van der Waals surface area contributed by atoms with Crippen molar-refractivity contribution < 1.29 is 19.1 Å². The van der Waals surface area contributed by atoms with Crippen LogP contribution >= 0.6 is 0 Å². The number of carbonyl (C=O) groups excluding carboxylic acids is 2. The molecular weight excluding hydrogens is 322 g/mol. The smallest absolute Gasteiger partial charge is 0.359 e. The van der Waals surface area contributed by atoms with E-state index in [2.05, 4.69) is 10.3 Å². The zero-order valence-corrected chi connectivity index (χ0v) is 14.7. The summed E-state index contributed by atoms with van der Waals surface area (Å²) < 4.78 is 12.0. The number of hydrogen-bond acceptors (Lipinski definition) is 6. The molecule has 2 aromatic rings. The van der Waals surface area contributed by atoms with E-state index in [1.165, 1.54) is 14.2 Å². The summed E-state index contributed by atoms with van der Waals surface area (Å²) in [5.74, 6) is -0.527. The molecule has 1 fully saturated rings. The van der Waals surface area contributed by atoms with E-state index in [9.17, 15) is 9.59 Å². The minimum Gasteiger partial charge on any atom is -0.465 e. The van der Waals surface area contributed by atoms with Gasteiger partial charge in [0, 0.05) is 13.0 Å². The Bertz CT molecular complexity index is 795. The van der Waals surface area contributed by atoms with E-state index in [0.717, 1.165) is 25.9 Å². The number of aromatic nitrogens is 2. The van der Waals surface area contributed by atoms with Gasteiger partial charge in [-0.1, -0.05) is 12.1 Å². The van der Waals surface area contributed by atoms with Crippen LogP contribution in [0.2, 0.25) is 0 Å². The lowest BCUT2D eigenvalue weighted by Gasteiger charge is -2.29. The number of benzene rings is 1. The number of ether oxygens (including phenoxy) is 2. The summed E-state index contributed by atoms with van der Waals surface area (Å²) in [6.45, 7) is 3.19. The van der Waals surface area contributed by atoms with Crippen LogP contribution in [0.4, 0.5) is 0 Å². The minimum atomic E-state index is -1.47. The third-order valence-electron chi connectivity index (χ3n) is 4.88. The maximum atomic E-state index is 13.1. The average Bonchev–Trinajstić information content (AvgIpc) is 3.06. The fraction of sp³-hybridized carbons (Fsp3) is 0.500. The van der Waals surface area contributed by atoms with Crippen LogP contribution in [-0.4, -0.2) is 48.6 Å². The molecule has 1 aromatic heterocycles. The molecular formula is C18H23N3O4. The number of nitrogens with zero attached hydrogens (tertiary/aromatic N) is 2. The molecule has 0 saturated carbocycles. The van der Waals surface area contributed by atoms with Gasteiger partial charge in [-0.3, -0.25) is 9.36 Å². The average molecular weight is 345 g/mol. The number of esters is 1. The number of para-hydroxylation sites is 2. The first kappa shape index (κ1) is 17.6. The number of rotatable bonds is 5. The van der Waals surface area contributed by atoms with Crippen molar-refractivity contribution in [3.63, 3.8) is 0 Å².